The number of unbranched alkanes of at least 4 members (excludes halogenated alkanes) is 2. The molecule has 0 fully saturated rings. The molecule has 0 radical (unpaired) electrons. The summed E-state index contributed by atoms with van der Waals surface area (Å²) in [6, 6.07) is 10.5. The van der Waals surface area contributed by atoms with Crippen molar-refractivity contribution in [3.63, 3.8) is 0 Å². The monoisotopic (exact) mass is 558 g/mol. The largest absolute Gasteiger partial charge is 0.391 e. The van der Waals surface area contributed by atoms with Gasteiger partial charge in [0.05, 0.1) is 36.4 Å². The summed E-state index contributed by atoms with van der Waals surface area (Å²) in [7, 11) is 0. The lowest BCUT2D eigenvalue weighted by Crippen LogP contribution is -2.66. The first kappa shape index (κ1) is 33.3. The van der Waals surface area contributed by atoms with Gasteiger partial charge in [0.2, 0.25) is 5.91 Å². The van der Waals surface area contributed by atoms with Crippen LogP contribution in [0.3, 0.4) is 0 Å². The third-order valence-electron chi connectivity index (χ3n) is 7.39. The topological polar surface area (TPSA) is 168 Å². The average molecular weight is 559 g/mol. The van der Waals surface area contributed by atoms with Crippen molar-refractivity contribution < 1.29 is 30.2 Å². The second kappa shape index (κ2) is 16.4. The second-order valence-corrected chi connectivity index (χ2v) is 10.4. The fourth-order valence-electron chi connectivity index (χ4n) is 5.25. The van der Waals surface area contributed by atoms with Gasteiger partial charge >= 0.3 is 0 Å². The van der Waals surface area contributed by atoms with Crippen LogP contribution in [0, 0.1) is 0 Å². The van der Waals surface area contributed by atoms with Gasteiger partial charge in [0.25, 0.3) is 5.91 Å². The van der Waals surface area contributed by atoms with E-state index in [4.69, 9.17) is 5.73 Å². The summed E-state index contributed by atoms with van der Waals surface area (Å²) < 4.78 is 0. The number of aliphatic hydroxyl groups excluding tert-OH is 2. The Morgan fingerprint density at radius 2 is 1.12 bits per heavy atom. The van der Waals surface area contributed by atoms with Crippen LogP contribution in [0.1, 0.15) is 86.9 Å². The van der Waals surface area contributed by atoms with Gasteiger partial charge in [-0.05, 0) is 62.1 Å². The lowest BCUT2D eigenvalue weighted by atomic mass is 9.89. The maximum Gasteiger partial charge on any atom is 0.254 e. The summed E-state index contributed by atoms with van der Waals surface area (Å²) in [5.74, 6) is -0.974. The van der Waals surface area contributed by atoms with E-state index in [1.165, 1.54) is 4.90 Å². The SMILES string of the molecule is CCCCC(NO)[C@H]([C@@H](C)O)N(C(=O)c1ccc(-c2ccc(C(N)=O)cc2)cc1)[C@@H](C(CCCC)NO)[C@@H](C)O. The van der Waals surface area contributed by atoms with Gasteiger partial charge in [-0.1, -0.05) is 63.8 Å². The molecule has 0 aromatic heterocycles. The number of rotatable bonds is 17. The summed E-state index contributed by atoms with van der Waals surface area (Å²) in [4.78, 5) is 27.0. The first-order chi connectivity index (χ1) is 19.1. The van der Waals surface area contributed by atoms with Crippen LogP contribution in [0.2, 0.25) is 0 Å². The van der Waals surface area contributed by atoms with Crippen molar-refractivity contribution in [2.24, 2.45) is 5.73 Å². The molecule has 0 saturated heterocycles. The molecule has 0 aliphatic carbocycles. The first-order valence-corrected chi connectivity index (χ1v) is 14.1. The van der Waals surface area contributed by atoms with E-state index < -0.39 is 48.2 Å². The third-order valence-corrected chi connectivity index (χ3v) is 7.39. The Morgan fingerprint density at radius 1 is 0.750 bits per heavy atom. The number of nitrogens with two attached hydrogens (primary N) is 1. The number of carbonyl (C=O) groups is 2. The molecule has 40 heavy (non-hydrogen) atoms. The molecule has 10 heteroatoms. The van der Waals surface area contributed by atoms with E-state index in [2.05, 4.69) is 11.0 Å². The first-order valence-electron chi connectivity index (χ1n) is 14.1. The Morgan fingerprint density at radius 3 is 1.43 bits per heavy atom. The fraction of sp³-hybridized carbons (Fsp3) is 0.533. The number of primary amides is 1. The molecule has 0 bridgehead atoms. The highest BCUT2D eigenvalue weighted by molar-refractivity contribution is 5.96. The van der Waals surface area contributed by atoms with Gasteiger partial charge in [-0.15, -0.1) is 0 Å². The molecule has 6 atom stereocenters. The van der Waals surface area contributed by atoms with Crippen molar-refractivity contribution in [3.8, 4) is 11.1 Å². The minimum absolute atomic E-state index is 0.313. The Bertz CT molecular complexity index is 1020. The van der Waals surface area contributed by atoms with Crippen LogP contribution in [-0.2, 0) is 0 Å². The Balaban J connectivity index is 2.58. The number of nitrogens with one attached hydrogen (secondary N) is 2. The summed E-state index contributed by atoms with van der Waals surface area (Å²) in [6.07, 6.45) is 1.99. The highest BCUT2D eigenvalue weighted by Gasteiger charge is 2.43. The van der Waals surface area contributed by atoms with Gasteiger partial charge in [-0.3, -0.25) is 9.59 Å². The smallest absolute Gasteiger partial charge is 0.254 e. The molecular formula is C30H46N4O6. The highest BCUT2D eigenvalue weighted by atomic mass is 16.5. The minimum atomic E-state index is -1.07. The van der Waals surface area contributed by atoms with Crippen molar-refractivity contribution in [3.05, 3.63) is 59.7 Å². The average Bonchev–Trinajstić information content (AvgIpc) is 2.95. The van der Waals surface area contributed by atoms with Gasteiger partial charge in [-0.25, -0.2) is 11.0 Å². The number of carbonyl (C=O) groups excluding carboxylic acids is 2. The molecule has 8 N–H and O–H groups in total. The standard InChI is InChI=1S/C30H46N4O6/c1-5-7-9-25(32-39)27(19(3)35)34(28(20(4)36)26(33-40)10-8-6-2)30(38)24-17-13-22(14-18-24)21-11-15-23(16-12-21)29(31)37/h11-20,25-28,32-33,35-36,39-40H,5-10H2,1-4H3,(H2,31,37)/t19-,20-,25?,26?,27-,28+/m1/s1. The second-order valence-electron chi connectivity index (χ2n) is 10.4. The molecule has 2 aromatic carbocycles. The third kappa shape index (κ3) is 8.57. The number of aliphatic hydroxyl groups is 2. The molecular weight excluding hydrogens is 512 g/mol. The lowest BCUT2D eigenvalue weighted by Gasteiger charge is -2.46. The molecule has 2 aromatic rings. The number of hydroxylamine groups is 2. The number of benzene rings is 2. The molecule has 0 spiro atoms. The van der Waals surface area contributed by atoms with E-state index in [1.807, 2.05) is 13.8 Å². The van der Waals surface area contributed by atoms with Crippen LogP contribution in [-0.4, -0.2) is 73.7 Å². The molecule has 10 nitrogen and oxygen atoms in total. The van der Waals surface area contributed by atoms with Gasteiger partial charge < -0.3 is 31.3 Å². The summed E-state index contributed by atoms with van der Waals surface area (Å²) in [6.45, 7) is 7.11. The van der Waals surface area contributed by atoms with Crippen LogP contribution in [0.15, 0.2) is 48.5 Å². The van der Waals surface area contributed by atoms with Crippen molar-refractivity contribution in [1.29, 1.82) is 0 Å². The fourth-order valence-corrected chi connectivity index (χ4v) is 5.25. The van der Waals surface area contributed by atoms with Crippen molar-refractivity contribution in [2.75, 3.05) is 0 Å². The Hall–Kier alpha value is -2.86. The zero-order chi connectivity index (χ0) is 29.8. The van der Waals surface area contributed by atoms with Gasteiger partial charge in [-0.2, -0.15) is 0 Å². The Kier molecular flexibility index (Phi) is 13.7. The molecule has 2 unspecified atom stereocenters. The minimum Gasteiger partial charge on any atom is -0.391 e. The molecule has 0 aliphatic rings. The van der Waals surface area contributed by atoms with Gasteiger partial charge in [0, 0.05) is 11.1 Å². The molecule has 0 saturated carbocycles. The maximum absolute atomic E-state index is 14.2. The van der Waals surface area contributed by atoms with E-state index in [-0.39, 0.29) is 0 Å². The molecule has 2 amide bonds. The molecule has 2 rings (SSSR count). The summed E-state index contributed by atoms with van der Waals surface area (Å²) in [5.41, 5.74) is 12.3. The van der Waals surface area contributed by atoms with E-state index in [0.29, 0.717) is 24.0 Å². The summed E-state index contributed by atoms with van der Waals surface area (Å²) in [5, 5.41) is 42.1. The number of hydrogen-bond acceptors (Lipinski definition) is 8. The van der Waals surface area contributed by atoms with Crippen LogP contribution < -0.4 is 16.7 Å². The maximum atomic E-state index is 14.2. The normalized spacial score (nSPS) is 16.0. The van der Waals surface area contributed by atoms with Crippen LogP contribution >= 0.6 is 0 Å². The van der Waals surface area contributed by atoms with E-state index in [0.717, 1.165) is 36.8 Å². The lowest BCUT2D eigenvalue weighted by molar-refractivity contribution is -0.0571. The predicted molar refractivity (Wildman–Crippen MR) is 154 cm³/mol. The van der Waals surface area contributed by atoms with Crippen molar-refractivity contribution >= 4 is 11.8 Å². The molecule has 0 heterocycles. The summed E-state index contributed by atoms with van der Waals surface area (Å²) >= 11 is 0. The van der Waals surface area contributed by atoms with E-state index >= 15 is 0 Å². The van der Waals surface area contributed by atoms with Gasteiger partial charge in [0.1, 0.15) is 0 Å². The van der Waals surface area contributed by atoms with Crippen LogP contribution in [0.25, 0.3) is 11.1 Å². The zero-order valence-corrected chi connectivity index (χ0v) is 24.0. The highest BCUT2D eigenvalue weighted by Crippen LogP contribution is 2.27. The number of nitrogens with zero attached hydrogens (tertiary/aromatic N) is 1. The van der Waals surface area contributed by atoms with Crippen molar-refractivity contribution in [1.82, 2.24) is 15.9 Å². The quantitative estimate of drug-likeness (QED) is 0.145. The van der Waals surface area contributed by atoms with Gasteiger partial charge in [0.15, 0.2) is 0 Å². The van der Waals surface area contributed by atoms with Crippen LogP contribution in [0.5, 0.6) is 0 Å². The number of amides is 2. The van der Waals surface area contributed by atoms with E-state index in [9.17, 15) is 30.2 Å². The van der Waals surface area contributed by atoms with Crippen molar-refractivity contribution in [2.45, 2.75) is 103 Å². The predicted octanol–water partition coefficient (Wildman–Crippen LogP) is 3.47. The van der Waals surface area contributed by atoms with Crippen LogP contribution in [0.4, 0.5) is 0 Å². The molecule has 222 valence electrons. The number of hydrogen-bond donors (Lipinski definition) is 7. The molecule has 0 aliphatic heterocycles. The zero-order valence-electron chi connectivity index (χ0n) is 24.0. The van der Waals surface area contributed by atoms with E-state index in [1.54, 1.807) is 62.4 Å². The Labute approximate surface area is 237 Å².